The van der Waals surface area contributed by atoms with Crippen LogP contribution in [-0.2, 0) is 0 Å². The number of aryl methyl sites for hydroxylation is 1. The van der Waals surface area contributed by atoms with Crippen molar-refractivity contribution >= 4 is 11.6 Å². The van der Waals surface area contributed by atoms with Gasteiger partial charge < -0.3 is 10.1 Å². The molecule has 0 saturated heterocycles. The number of ether oxygens (including phenoxy) is 1. The van der Waals surface area contributed by atoms with Gasteiger partial charge >= 0.3 is 0 Å². The van der Waals surface area contributed by atoms with E-state index in [0.717, 1.165) is 12.1 Å². The van der Waals surface area contributed by atoms with Crippen molar-refractivity contribution in [2.75, 3.05) is 13.7 Å². The molecule has 2 nitrogen and oxygen atoms in total. The third-order valence-electron chi connectivity index (χ3n) is 3.87. The minimum Gasteiger partial charge on any atom is -0.495 e. The van der Waals surface area contributed by atoms with Gasteiger partial charge in [-0.25, -0.2) is 0 Å². The van der Waals surface area contributed by atoms with E-state index >= 15 is 0 Å². The molecule has 1 atom stereocenters. The monoisotopic (exact) mass is 303 g/mol. The van der Waals surface area contributed by atoms with Crippen LogP contribution in [0.1, 0.15) is 35.2 Å². The predicted molar refractivity (Wildman–Crippen MR) is 89.4 cm³/mol. The number of nitrogens with one attached hydrogen (secondary N) is 1. The average molecular weight is 304 g/mol. The van der Waals surface area contributed by atoms with E-state index in [4.69, 9.17) is 16.3 Å². The van der Waals surface area contributed by atoms with Gasteiger partial charge in [0.15, 0.2) is 0 Å². The van der Waals surface area contributed by atoms with Gasteiger partial charge in [-0.15, -0.1) is 0 Å². The molecule has 2 aromatic rings. The first-order chi connectivity index (χ1) is 10.1. The fourth-order valence-corrected chi connectivity index (χ4v) is 2.83. The molecule has 3 heteroatoms. The average Bonchev–Trinajstić information content (AvgIpc) is 2.48. The lowest BCUT2D eigenvalue weighted by Crippen LogP contribution is -2.23. The molecule has 0 saturated carbocycles. The Morgan fingerprint density at radius 2 is 1.95 bits per heavy atom. The Bertz CT molecular complexity index is 625. The summed E-state index contributed by atoms with van der Waals surface area (Å²) in [6, 6.07) is 12.5. The van der Waals surface area contributed by atoms with Gasteiger partial charge in [-0.05, 0) is 54.8 Å². The van der Waals surface area contributed by atoms with Crippen molar-refractivity contribution in [3.8, 4) is 5.75 Å². The van der Waals surface area contributed by atoms with Crippen molar-refractivity contribution in [2.24, 2.45) is 0 Å². The highest BCUT2D eigenvalue weighted by atomic mass is 35.5. The molecule has 0 heterocycles. The fraction of sp³-hybridized carbons (Fsp3) is 0.333. The molecule has 2 aromatic carbocycles. The van der Waals surface area contributed by atoms with Crippen molar-refractivity contribution in [3.05, 3.63) is 63.7 Å². The van der Waals surface area contributed by atoms with Crippen molar-refractivity contribution in [2.45, 2.75) is 26.8 Å². The van der Waals surface area contributed by atoms with E-state index in [-0.39, 0.29) is 6.04 Å². The summed E-state index contributed by atoms with van der Waals surface area (Å²) in [7, 11) is 1.63. The summed E-state index contributed by atoms with van der Waals surface area (Å²) in [5, 5.41) is 4.19. The van der Waals surface area contributed by atoms with Gasteiger partial charge in [0, 0.05) is 0 Å². The summed E-state index contributed by atoms with van der Waals surface area (Å²) in [5.74, 6) is 0.705. The molecule has 1 N–H and O–H groups in total. The van der Waals surface area contributed by atoms with Crippen LogP contribution in [-0.4, -0.2) is 13.7 Å². The second-order valence-corrected chi connectivity index (χ2v) is 5.58. The fourth-order valence-electron chi connectivity index (χ4n) is 2.56. The molecule has 0 aliphatic rings. The summed E-state index contributed by atoms with van der Waals surface area (Å²) < 4.78 is 5.24. The van der Waals surface area contributed by atoms with E-state index in [1.807, 2.05) is 12.1 Å². The first-order valence-corrected chi connectivity index (χ1v) is 7.59. The maximum Gasteiger partial charge on any atom is 0.137 e. The van der Waals surface area contributed by atoms with Crippen LogP contribution in [0.2, 0.25) is 5.02 Å². The summed E-state index contributed by atoms with van der Waals surface area (Å²) in [6.45, 7) is 7.31. The zero-order valence-electron chi connectivity index (χ0n) is 13.0. The largest absolute Gasteiger partial charge is 0.495 e. The molecule has 0 aliphatic carbocycles. The molecule has 21 heavy (non-hydrogen) atoms. The molecule has 0 radical (unpaired) electrons. The third-order valence-corrected chi connectivity index (χ3v) is 4.17. The molecule has 1 unspecified atom stereocenters. The molecular formula is C18H22ClNO. The van der Waals surface area contributed by atoms with Crippen LogP contribution in [0.4, 0.5) is 0 Å². The smallest absolute Gasteiger partial charge is 0.137 e. The zero-order valence-corrected chi connectivity index (χ0v) is 13.8. The minimum atomic E-state index is 0.137. The number of halogens is 1. The molecule has 0 amide bonds. The van der Waals surface area contributed by atoms with E-state index in [9.17, 15) is 0 Å². The van der Waals surface area contributed by atoms with Gasteiger partial charge in [-0.2, -0.15) is 0 Å². The van der Waals surface area contributed by atoms with Crippen LogP contribution in [0.3, 0.4) is 0 Å². The topological polar surface area (TPSA) is 21.3 Å². The predicted octanol–water partition coefficient (Wildman–Crippen LogP) is 4.66. The standard InChI is InChI=1S/C18H22ClNO/c1-5-20-18(15-8-6-7-12(2)13(15)3)14-9-10-17(21-4)16(19)11-14/h6-11,18,20H,5H2,1-4H3. The quantitative estimate of drug-likeness (QED) is 0.867. The van der Waals surface area contributed by atoms with Crippen molar-refractivity contribution < 1.29 is 4.74 Å². The molecule has 0 spiro atoms. The maximum atomic E-state index is 6.28. The van der Waals surface area contributed by atoms with Gasteiger partial charge in [0.1, 0.15) is 5.75 Å². The number of rotatable bonds is 5. The maximum absolute atomic E-state index is 6.28. The lowest BCUT2D eigenvalue weighted by Gasteiger charge is -2.22. The Morgan fingerprint density at radius 3 is 2.57 bits per heavy atom. The third kappa shape index (κ3) is 3.39. The molecule has 0 aromatic heterocycles. The van der Waals surface area contributed by atoms with Crippen LogP contribution < -0.4 is 10.1 Å². The second-order valence-electron chi connectivity index (χ2n) is 5.17. The SMILES string of the molecule is CCNC(c1ccc(OC)c(Cl)c1)c1cccc(C)c1C. The summed E-state index contributed by atoms with van der Waals surface area (Å²) in [5.41, 5.74) is 5.06. The zero-order chi connectivity index (χ0) is 15.4. The van der Waals surface area contributed by atoms with E-state index < -0.39 is 0 Å². The molecular weight excluding hydrogens is 282 g/mol. The number of benzene rings is 2. The van der Waals surface area contributed by atoms with Crippen LogP contribution >= 0.6 is 11.6 Å². The van der Waals surface area contributed by atoms with Gasteiger partial charge in [0.05, 0.1) is 18.2 Å². The molecule has 112 valence electrons. The Morgan fingerprint density at radius 1 is 1.19 bits per heavy atom. The Hall–Kier alpha value is -1.51. The van der Waals surface area contributed by atoms with Crippen LogP contribution in [0, 0.1) is 13.8 Å². The van der Waals surface area contributed by atoms with E-state index in [1.54, 1.807) is 7.11 Å². The lowest BCUT2D eigenvalue weighted by atomic mass is 9.92. The molecule has 0 fully saturated rings. The van der Waals surface area contributed by atoms with Crippen molar-refractivity contribution in [1.29, 1.82) is 0 Å². The van der Waals surface area contributed by atoms with Crippen LogP contribution in [0.25, 0.3) is 0 Å². The van der Waals surface area contributed by atoms with E-state index in [0.29, 0.717) is 10.8 Å². The molecule has 0 aliphatic heterocycles. The highest BCUT2D eigenvalue weighted by molar-refractivity contribution is 6.32. The number of hydrogen-bond donors (Lipinski definition) is 1. The number of methoxy groups -OCH3 is 1. The second kappa shape index (κ2) is 6.97. The van der Waals surface area contributed by atoms with Crippen molar-refractivity contribution in [1.82, 2.24) is 5.32 Å². The highest BCUT2D eigenvalue weighted by Gasteiger charge is 2.17. The van der Waals surface area contributed by atoms with Crippen LogP contribution in [0.15, 0.2) is 36.4 Å². The normalized spacial score (nSPS) is 12.2. The highest BCUT2D eigenvalue weighted by Crippen LogP contribution is 2.32. The Balaban J connectivity index is 2.48. The summed E-state index contributed by atoms with van der Waals surface area (Å²) in [4.78, 5) is 0. The van der Waals surface area contributed by atoms with Crippen molar-refractivity contribution in [3.63, 3.8) is 0 Å². The van der Waals surface area contributed by atoms with Gasteiger partial charge in [-0.1, -0.05) is 42.8 Å². The Labute approximate surface area is 132 Å². The first kappa shape index (κ1) is 15.9. The number of hydrogen-bond acceptors (Lipinski definition) is 2. The molecule has 2 rings (SSSR count). The Kier molecular flexibility index (Phi) is 5.27. The van der Waals surface area contributed by atoms with Gasteiger partial charge in [-0.3, -0.25) is 0 Å². The lowest BCUT2D eigenvalue weighted by molar-refractivity contribution is 0.414. The van der Waals surface area contributed by atoms with E-state index in [2.05, 4.69) is 50.4 Å². The summed E-state index contributed by atoms with van der Waals surface area (Å²) >= 11 is 6.28. The van der Waals surface area contributed by atoms with Gasteiger partial charge in [0.2, 0.25) is 0 Å². The molecule has 0 bridgehead atoms. The van der Waals surface area contributed by atoms with Crippen LogP contribution in [0.5, 0.6) is 5.75 Å². The minimum absolute atomic E-state index is 0.137. The van der Waals surface area contributed by atoms with Gasteiger partial charge in [0.25, 0.3) is 0 Å². The summed E-state index contributed by atoms with van der Waals surface area (Å²) in [6.07, 6.45) is 0. The van der Waals surface area contributed by atoms with E-state index in [1.165, 1.54) is 16.7 Å². The first-order valence-electron chi connectivity index (χ1n) is 7.21.